The quantitative estimate of drug-likeness (QED) is 0.184. The smallest absolute Gasteiger partial charge is 0.255 e. The largest absolute Gasteiger partial charge is 0.501 e. The van der Waals surface area contributed by atoms with Crippen LogP contribution in [0.5, 0.6) is 0 Å². The van der Waals surface area contributed by atoms with Gasteiger partial charge in [0.25, 0.3) is 5.91 Å². The van der Waals surface area contributed by atoms with Crippen LogP contribution in [0, 0.1) is 22.7 Å². The van der Waals surface area contributed by atoms with Crippen LogP contribution in [0.4, 0.5) is 5.69 Å². The summed E-state index contributed by atoms with van der Waals surface area (Å²) in [5, 5.41) is 3.00. The number of rotatable bonds is 13. The van der Waals surface area contributed by atoms with Gasteiger partial charge in [-0.1, -0.05) is 65.8 Å². The summed E-state index contributed by atoms with van der Waals surface area (Å²) in [5.41, 5.74) is 3.84. The fourth-order valence-electron chi connectivity index (χ4n) is 5.69. The van der Waals surface area contributed by atoms with Crippen LogP contribution in [0.1, 0.15) is 92.6 Å². The molecule has 1 saturated carbocycles. The number of aryl methyl sites for hydroxylation is 1. The van der Waals surface area contributed by atoms with E-state index in [2.05, 4.69) is 52.9 Å². The average Bonchev–Trinajstić information content (AvgIpc) is 3.11. The minimum Gasteiger partial charge on any atom is -0.501 e. The van der Waals surface area contributed by atoms with E-state index in [4.69, 9.17) is 9.47 Å². The Labute approximate surface area is 260 Å². The standard InChI is InChI=1S/C38H53NO4/c1-9-28(25-35(42-8)37(3,4)5)15-20-33(40)21-16-29-13-18-32(19-14-29)39-36(41)30-11-10-12-34(22-17-30)43-26-31-23-24-38(6,7)27(31)2/h9,11-14,17-19,22,25,27,31H,10,15-16,20-21,23-24,26H2,1-8H3,(H,39,41)/b28-9-,35-25-. The topological polar surface area (TPSA) is 64.6 Å². The van der Waals surface area contributed by atoms with Gasteiger partial charge in [0.15, 0.2) is 0 Å². The van der Waals surface area contributed by atoms with E-state index >= 15 is 0 Å². The van der Waals surface area contributed by atoms with Gasteiger partial charge in [-0.2, -0.15) is 0 Å². The SMILES string of the molecule is C/C=C(\C=C(/OC)C(C)(C)C)CCC(=O)CCc1ccc(NC(=O)C2=CCC=C(OCC3CCC(C)(C)C3C)C=C2)cc1. The molecule has 1 amide bonds. The van der Waals surface area contributed by atoms with E-state index in [0.29, 0.717) is 54.9 Å². The summed E-state index contributed by atoms with van der Waals surface area (Å²) in [6.07, 6.45) is 17.3. The summed E-state index contributed by atoms with van der Waals surface area (Å²) in [6, 6.07) is 7.76. The molecule has 0 heterocycles. The molecule has 3 rings (SSSR count). The van der Waals surface area contributed by atoms with Crippen LogP contribution < -0.4 is 5.32 Å². The number of hydrogen-bond donors (Lipinski definition) is 1. The van der Waals surface area contributed by atoms with E-state index in [0.717, 1.165) is 34.9 Å². The Morgan fingerprint density at radius 2 is 1.77 bits per heavy atom. The average molecular weight is 588 g/mol. The normalized spacial score (nSPS) is 20.7. The summed E-state index contributed by atoms with van der Waals surface area (Å²) in [4.78, 5) is 25.6. The van der Waals surface area contributed by atoms with Gasteiger partial charge in [0, 0.05) is 29.5 Å². The first kappa shape index (κ1) is 34.2. The molecular formula is C38H53NO4. The third kappa shape index (κ3) is 10.4. The molecule has 0 spiro atoms. The second-order valence-electron chi connectivity index (χ2n) is 13.7. The zero-order valence-electron chi connectivity index (χ0n) is 27.7. The molecule has 0 aromatic heterocycles. The predicted molar refractivity (Wildman–Crippen MR) is 177 cm³/mol. The van der Waals surface area contributed by atoms with Crippen molar-refractivity contribution in [1.29, 1.82) is 0 Å². The number of carbonyl (C=O) groups excluding carboxylic acids is 2. The fraction of sp³-hybridized carbons (Fsp3) is 0.526. The van der Waals surface area contributed by atoms with Crippen molar-refractivity contribution in [3.8, 4) is 0 Å². The molecule has 0 aliphatic heterocycles. The van der Waals surface area contributed by atoms with Crippen LogP contribution in [-0.4, -0.2) is 25.4 Å². The van der Waals surface area contributed by atoms with Crippen LogP contribution >= 0.6 is 0 Å². The lowest BCUT2D eigenvalue weighted by Crippen LogP contribution is -2.21. The van der Waals surface area contributed by atoms with Gasteiger partial charge >= 0.3 is 0 Å². The zero-order chi connectivity index (χ0) is 31.6. The number of nitrogens with one attached hydrogen (secondary N) is 1. The number of anilines is 1. The molecular weight excluding hydrogens is 534 g/mol. The lowest BCUT2D eigenvalue weighted by molar-refractivity contribution is -0.119. The molecule has 1 N–H and O–H groups in total. The summed E-state index contributed by atoms with van der Waals surface area (Å²) >= 11 is 0. The van der Waals surface area contributed by atoms with Gasteiger partial charge in [-0.3, -0.25) is 9.59 Å². The van der Waals surface area contributed by atoms with Crippen molar-refractivity contribution in [3.63, 3.8) is 0 Å². The summed E-state index contributed by atoms with van der Waals surface area (Å²) in [7, 11) is 1.69. The van der Waals surface area contributed by atoms with Gasteiger partial charge in [-0.15, -0.1) is 0 Å². The molecule has 2 atom stereocenters. The van der Waals surface area contributed by atoms with Gasteiger partial charge < -0.3 is 14.8 Å². The van der Waals surface area contributed by atoms with Crippen LogP contribution in [0.3, 0.4) is 0 Å². The molecule has 5 nitrogen and oxygen atoms in total. The minimum atomic E-state index is -0.142. The number of methoxy groups -OCH3 is 1. The third-order valence-corrected chi connectivity index (χ3v) is 9.15. The molecule has 1 aromatic carbocycles. The first-order valence-corrected chi connectivity index (χ1v) is 15.9. The Hall–Kier alpha value is -3.34. The van der Waals surface area contributed by atoms with E-state index < -0.39 is 0 Å². The van der Waals surface area contributed by atoms with Gasteiger partial charge in [-0.05, 0) is 104 Å². The molecule has 234 valence electrons. The van der Waals surface area contributed by atoms with Gasteiger partial charge in [-0.25, -0.2) is 0 Å². The van der Waals surface area contributed by atoms with Crippen molar-refractivity contribution in [2.24, 2.45) is 22.7 Å². The van der Waals surface area contributed by atoms with Crippen molar-refractivity contribution >= 4 is 17.4 Å². The summed E-state index contributed by atoms with van der Waals surface area (Å²) in [6.45, 7) is 16.1. The van der Waals surface area contributed by atoms with E-state index in [-0.39, 0.29) is 17.1 Å². The van der Waals surface area contributed by atoms with Crippen LogP contribution in [0.25, 0.3) is 0 Å². The first-order chi connectivity index (χ1) is 20.3. The second kappa shape index (κ2) is 15.4. The van der Waals surface area contributed by atoms with E-state index in [1.807, 2.05) is 61.6 Å². The molecule has 2 aliphatic rings. The van der Waals surface area contributed by atoms with Gasteiger partial charge in [0.2, 0.25) is 0 Å². The Balaban J connectivity index is 1.43. The van der Waals surface area contributed by atoms with Crippen molar-refractivity contribution in [2.45, 2.75) is 93.4 Å². The fourth-order valence-corrected chi connectivity index (χ4v) is 5.69. The zero-order valence-corrected chi connectivity index (χ0v) is 27.7. The number of benzene rings is 1. The Kier molecular flexibility index (Phi) is 12.2. The maximum atomic E-state index is 12.9. The van der Waals surface area contributed by atoms with Crippen molar-refractivity contribution in [1.82, 2.24) is 0 Å². The Bertz CT molecular complexity index is 1270. The van der Waals surface area contributed by atoms with Crippen LogP contribution in [0.2, 0.25) is 0 Å². The number of amides is 1. The van der Waals surface area contributed by atoms with E-state index in [9.17, 15) is 9.59 Å². The third-order valence-electron chi connectivity index (χ3n) is 9.15. The highest BCUT2D eigenvalue weighted by atomic mass is 16.5. The Morgan fingerprint density at radius 1 is 1.05 bits per heavy atom. The van der Waals surface area contributed by atoms with E-state index in [1.54, 1.807) is 7.11 Å². The number of Topliss-reactive ketones (excluding diaryl/α,β-unsaturated/α-hetero) is 1. The predicted octanol–water partition coefficient (Wildman–Crippen LogP) is 9.29. The maximum absolute atomic E-state index is 12.9. The van der Waals surface area contributed by atoms with Crippen LogP contribution in [0.15, 0.2) is 83.4 Å². The number of ketones is 1. The molecule has 0 bridgehead atoms. The van der Waals surface area contributed by atoms with Gasteiger partial charge in [0.05, 0.1) is 13.7 Å². The molecule has 1 fully saturated rings. The highest BCUT2D eigenvalue weighted by Crippen LogP contribution is 2.46. The molecule has 0 radical (unpaired) electrons. The summed E-state index contributed by atoms with van der Waals surface area (Å²) < 4.78 is 11.7. The van der Waals surface area contributed by atoms with Crippen molar-refractivity contribution in [3.05, 3.63) is 88.9 Å². The van der Waals surface area contributed by atoms with Crippen molar-refractivity contribution < 1.29 is 19.1 Å². The highest BCUT2D eigenvalue weighted by molar-refractivity contribution is 6.05. The molecule has 0 saturated heterocycles. The van der Waals surface area contributed by atoms with Gasteiger partial charge in [0.1, 0.15) is 17.3 Å². The monoisotopic (exact) mass is 587 g/mol. The number of hydrogen-bond acceptors (Lipinski definition) is 4. The maximum Gasteiger partial charge on any atom is 0.255 e. The number of allylic oxidation sites excluding steroid dienone is 7. The number of carbonyl (C=O) groups is 2. The lowest BCUT2D eigenvalue weighted by atomic mass is 9.80. The highest BCUT2D eigenvalue weighted by Gasteiger charge is 2.38. The van der Waals surface area contributed by atoms with Crippen molar-refractivity contribution in [2.75, 3.05) is 19.0 Å². The molecule has 1 aromatic rings. The Morgan fingerprint density at radius 3 is 2.37 bits per heavy atom. The molecule has 43 heavy (non-hydrogen) atoms. The lowest BCUT2D eigenvalue weighted by Gasteiger charge is -2.27. The van der Waals surface area contributed by atoms with E-state index in [1.165, 1.54) is 12.8 Å². The first-order valence-electron chi connectivity index (χ1n) is 15.9. The number of ether oxygens (including phenoxy) is 2. The molecule has 2 unspecified atom stereocenters. The van der Waals surface area contributed by atoms with Crippen LogP contribution in [-0.2, 0) is 25.5 Å². The minimum absolute atomic E-state index is 0.0804. The summed E-state index contributed by atoms with van der Waals surface area (Å²) in [5.74, 6) is 3.05. The molecule has 5 heteroatoms. The second-order valence-corrected chi connectivity index (χ2v) is 13.7. The molecule has 2 aliphatic carbocycles.